The van der Waals surface area contributed by atoms with E-state index in [0.717, 1.165) is 5.56 Å². The first-order chi connectivity index (χ1) is 14.7. The number of benzene rings is 3. The van der Waals surface area contributed by atoms with E-state index in [9.17, 15) is 9.59 Å². The smallest absolute Gasteiger partial charge is 0.339 e. The third-order valence-electron chi connectivity index (χ3n) is 4.33. The van der Waals surface area contributed by atoms with Crippen molar-refractivity contribution in [2.24, 2.45) is 0 Å². The fourth-order valence-corrected chi connectivity index (χ4v) is 2.77. The number of hydrogen-bond donors (Lipinski definition) is 1. The van der Waals surface area contributed by atoms with Gasteiger partial charge in [0.2, 0.25) is 0 Å². The van der Waals surface area contributed by atoms with Gasteiger partial charge in [0, 0.05) is 12.1 Å². The second-order valence-electron chi connectivity index (χ2n) is 6.46. The van der Waals surface area contributed by atoms with Crippen LogP contribution in [0, 0.1) is 0 Å². The molecule has 0 bridgehead atoms. The highest BCUT2D eigenvalue weighted by Crippen LogP contribution is 2.16. The Morgan fingerprint density at radius 1 is 0.867 bits per heavy atom. The lowest BCUT2D eigenvalue weighted by molar-refractivity contribution is -0.124. The number of rotatable bonds is 9. The van der Waals surface area contributed by atoms with E-state index in [4.69, 9.17) is 14.2 Å². The minimum atomic E-state index is -0.571. The van der Waals surface area contributed by atoms with Crippen LogP contribution in [-0.4, -0.2) is 25.6 Å². The highest BCUT2D eigenvalue weighted by molar-refractivity contribution is 5.92. The molecule has 0 atom stereocenters. The van der Waals surface area contributed by atoms with E-state index >= 15 is 0 Å². The topological polar surface area (TPSA) is 73.9 Å². The molecule has 0 aliphatic heterocycles. The average Bonchev–Trinajstić information content (AvgIpc) is 2.81. The number of nitrogens with one attached hydrogen (secondary N) is 1. The first-order valence-corrected chi connectivity index (χ1v) is 9.48. The quantitative estimate of drug-likeness (QED) is 0.549. The molecule has 3 aromatic rings. The molecule has 30 heavy (non-hydrogen) atoms. The van der Waals surface area contributed by atoms with Crippen LogP contribution < -0.4 is 14.8 Å². The second-order valence-corrected chi connectivity index (χ2v) is 6.46. The van der Waals surface area contributed by atoms with Gasteiger partial charge in [0.1, 0.15) is 18.1 Å². The summed E-state index contributed by atoms with van der Waals surface area (Å²) >= 11 is 0. The number of carbonyl (C=O) groups is 2. The van der Waals surface area contributed by atoms with E-state index in [1.807, 2.05) is 60.7 Å². The number of ether oxygens (including phenoxy) is 3. The lowest BCUT2D eigenvalue weighted by Crippen LogP contribution is -2.28. The van der Waals surface area contributed by atoms with Crippen LogP contribution in [-0.2, 0) is 22.7 Å². The van der Waals surface area contributed by atoms with E-state index in [2.05, 4.69) is 5.32 Å². The lowest BCUT2D eigenvalue weighted by atomic mass is 10.1. The lowest BCUT2D eigenvalue weighted by Gasteiger charge is -2.11. The molecule has 0 aliphatic rings. The van der Waals surface area contributed by atoms with Crippen LogP contribution in [0.5, 0.6) is 11.5 Å². The SMILES string of the molecule is COc1cccc(CNC(=O)COC(=O)c2ccccc2COc2ccccc2)c1. The molecule has 0 spiro atoms. The molecule has 1 N–H and O–H groups in total. The van der Waals surface area contributed by atoms with Gasteiger partial charge in [-0.3, -0.25) is 4.79 Å². The summed E-state index contributed by atoms with van der Waals surface area (Å²) < 4.78 is 16.1. The van der Waals surface area contributed by atoms with Gasteiger partial charge in [-0.1, -0.05) is 48.5 Å². The van der Waals surface area contributed by atoms with Gasteiger partial charge in [-0.05, 0) is 35.9 Å². The van der Waals surface area contributed by atoms with Crippen LogP contribution in [0.25, 0.3) is 0 Å². The number of amides is 1. The summed E-state index contributed by atoms with van der Waals surface area (Å²) in [6.07, 6.45) is 0. The molecule has 0 aromatic heterocycles. The molecular formula is C24H23NO5. The summed E-state index contributed by atoms with van der Waals surface area (Å²) in [4.78, 5) is 24.5. The number of esters is 1. The van der Waals surface area contributed by atoms with Crippen LogP contribution in [0.4, 0.5) is 0 Å². The van der Waals surface area contributed by atoms with E-state index in [0.29, 0.717) is 29.2 Å². The van der Waals surface area contributed by atoms with E-state index in [1.165, 1.54) is 0 Å². The maximum absolute atomic E-state index is 12.5. The molecular weight excluding hydrogens is 382 g/mol. The third kappa shape index (κ3) is 6.10. The summed E-state index contributed by atoms with van der Waals surface area (Å²) in [6, 6.07) is 23.7. The Morgan fingerprint density at radius 2 is 1.60 bits per heavy atom. The second kappa shape index (κ2) is 10.7. The van der Waals surface area contributed by atoms with Crippen molar-refractivity contribution < 1.29 is 23.8 Å². The number of hydrogen-bond acceptors (Lipinski definition) is 5. The minimum absolute atomic E-state index is 0.220. The predicted octanol–water partition coefficient (Wildman–Crippen LogP) is 3.75. The van der Waals surface area contributed by atoms with Gasteiger partial charge in [-0.25, -0.2) is 4.79 Å². The van der Waals surface area contributed by atoms with Crippen molar-refractivity contribution in [1.82, 2.24) is 5.32 Å². The number of methoxy groups -OCH3 is 1. The van der Waals surface area contributed by atoms with Crippen molar-refractivity contribution in [3.05, 3.63) is 95.6 Å². The Balaban J connectivity index is 1.51. The summed E-state index contributed by atoms with van der Waals surface area (Å²) in [7, 11) is 1.58. The largest absolute Gasteiger partial charge is 0.497 e. The summed E-state index contributed by atoms with van der Waals surface area (Å²) in [6.45, 7) is 0.170. The van der Waals surface area contributed by atoms with Crippen molar-refractivity contribution in [3.8, 4) is 11.5 Å². The van der Waals surface area contributed by atoms with Gasteiger partial charge in [-0.15, -0.1) is 0 Å². The molecule has 0 saturated heterocycles. The van der Waals surface area contributed by atoms with Crippen molar-refractivity contribution >= 4 is 11.9 Å². The fraction of sp³-hybridized carbons (Fsp3) is 0.167. The predicted molar refractivity (Wildman–Crippen MR) is 112 cm³/mol. The van der Waals surface area contributed by atoms with Crippen molar-refractivity contribution in [1.29, 1.82) is 0 Å². The van der Waals surface area contributed by atoms with E-state index < -0.39 is 5.97 Å². The van der Waals surface area contributed by atoms with E-state index in [1.54, 1.807) is 25.3 Å². The van der Waals surface area contributed by atoms with Gasteiger partial charge < -0.3 is 19.5 Å². The fourth-order valence-electron chi connectivity index (χ4n) is 2.77. The van der Waals surface area contributed by atoms with Gasteiger partial charge in [0.15, 0.2) is 6.61 Å². The van der Waals surface area contributed by atoms with E-state index in [-0.39, 0.29) is 19.1 Å². The van der Waals surface area contributed by atoms with Crippen LogP contribution in [0.3, 0.4) is 0 Å². The molecule has 0 fully saturated rings. The Bertz CT molecular complexity index is 988. The molecule has 6 heteroatoms. The van der Waals surface area contributed by atoms with Gasteiger partial charge >= 0.3 is 5.97 Å². The van der Waals surface area contributed by atoms with Crippen molar-refractivity contribution in [2.75, 3.05) is 13.7 Å². The van der Waals surface area contributed by atoms with Gasteiger partial charge in [0.05, 0.1) is 12.7 Å². The summed E-state index contributed by atoms with van der Waals surface area (Å²) in [5, 5.41) is 2.72. The molecule has 1 amide bonds. The molecule has 0 heterocycles. The highest BCUT2D eigenvalue weighted by atomic mass is 16.5. The van der Waals surface area contributed by atoms with Crippen LogP contribution in [0.1, 0.15) is 21.5 Å². The molecule has 0 aliphatic carbocycles. The number of carbonyl (C=O) groups excluding carboxylic acids is 2. The Morgan fingerprint density at radius 3 is 2.40 bits per heavy atom. The highest BCUT2D eigenvalue weighted by Gasteiger charge is 2.14. The molecule has 0 unspecified atom stereocenters. The van der Waals surface area contributed by atoms with Crippen molar-refractivity contribution in [3.63, 3.8) is 0 Å². The first-order valence-electron chi connectivity index (χ1n) is 9.48. The minimum Gasteiger partial charge on any atom is -0.497 e. The Hall–Kier alpha value is -3.80. The van der Waals surface area contributed by atoms with Gasteiger partial charge in [-0.2, -0.15) is 0 Å². The van der Waals surface area contributed by atoms with Crippen LogP contribution in [0.15, 0.2) is 78.9 Å². The standard InChI is InChI=1S/C24H23NO5/c1-28-21-12-7-8-18(14-21)15-25-23(26)17-30-24(27)22-13-6-5-9-19(22)16-29-20-10-3-2-4-11-20/h2-14H,15-17H2,1H3,(H,25,26). The maximum atomic E-state index is 12.5. The zero-order chi connectivity index (χ0) is 21.2. The van der Waals surface area contributed by atoms with Crippen LogP contribution in [0.2, 0.25) is 0 Å². The molecule has 6 nitrogen and oxygen atoms in total. The molecule has 3 rings (SSSR count). The Labute approximate surface area is 175 Å². The van der Waals surface area contributed by atoms with Gasteiger partial charge in [0.25, 0.3) is 5.91 Å². The zero-order valence-electron chi connectivity index (χ0n) is 16.7. The molecule has 3 aromatic carbocycles. The van der Waals surface area contributed by atoms with Crippen molar-refractivity contribution in [2.45, 2.75) is 13.2 Å². The third-order valence-corrected chi connectivity index (χ3v) is 4.33. The maximum Gasteiger partial charge on any atom is 0.339 e. The number of para-hydroxylation sites is 1. The summed E-state index contributed by atoms with van der Waals surface area (Å²) in [5.74, 6) is 0.461. The molecule has 0 radical (unpaired) electrons. The Kier molecular flexibility index (Phi) is 7.44. The zero-order valence-corrected chi connectivity index (χ0v) is 16.7. The first kappa shape index (κ1) is 20.9. The summed E-state index contributed by atoms with van der Waals surface area (Å²) in [5.41, 5.74) is 1.94. The average molecular weight is 405 g/mol. The molecule has 0 saturated carbocycles. The monoisotopic (exact) mass is 405 g/mol. The van der Waals surface area contributed by atoms with Crippen LogP contribution >= 0.6 is 0 Å². The normalized spacial score (nSPS) is 10.2. The molecule has 154 valence electrons.